The van der Waals surface area contributed by atoms with E-state index in [-0.39, 0.29) is 18.0 Å². The third kappa shape index (κ3) is 4.34. The van der Waals surface area contributed by atoms with Crippen LogP contribution in [0.3, 0.4) is 0 Å². The fraction of sp³-hybridized carbons (Fsp3) is 0.500. The maximum Gasteiger partial charge on any atom is 0.240 e. The number of nitrogens with one attached hydrogen (secondary N) is 1. The predicted octanol–water partition coefficient (Wildman–Crippen LogP) is -0.0106. The highest BCUT2D eigenvalue weighted by Crippen LogP contribution is 2.29. The first-order valence-electron chi connectivity index (χ1n) is 5.83. The molecule has 114 valence electrons. The number of hydrogen-bond donors (Lipinski definition) is 2. The van der Waals surface area contributed by atoms with Gasteiger partial charge in [0.15, 0.2) is 11.5 Å². The minimum atomic E-state index is -3.73. The molecule has 20 heavy (non-hydrogen) atoms. The van der Waals surface area contributed by atoms with E-state index in [1.165, 1.54) is 39.5 Å². The first kappa shape index (κ1) is 16.7. The van der Waals surface area contributed by atoms with Crippen LogP contribution in [0, 0.1) is 0 Å². The summed E-state index contributed by atoms with van der Waals surface area (Å²) in [6.45, 7) is -0.0844. The van der Waals surface area contributed by atoms with E-state index in [4.69, 9.17) is 14.2 Å². The minimum absolute atomic E-state index is 0.0276. The zero-order chi connectivity index (χ0) is 15.2. The quantitative estimate of drug-likeness (QED) is 0.701. The Hall–Kier alpha value is -1.35. The molecule has 1 aromatic rings. The van der Waals surface area contributed by atoms with Crippen molar-refractivity contribution in [1.82, 2.24) is 4.72 Å². The number of rotatable bonds is 8. The van der Waals surface area contributed by atoms with Gasteiger partial charge in [-0.1, -0.05) is 0 Å². The molecule has 0 heterocycles. The zero-order valence-corrected chi connectivity index (χ0v) is 12.4. The SMILES string of the molecule is COCC(O)CNS(=O)(=O)c1ccc(OC)c(OC)c1. The molecule has 1 unspecified atom stereocenters. The van der Waals surface area contributed by atoms with Gasteiger partial charge in [0.2, 0.25) is 10.0 Å². The van der Waals surface area contributed by atoms with Crippen LogP contribution in [0.1, 0.15) is 0 Å². The monoisotopic (exact) mass is 305 g/mol. The molecule has 1 aromatic carbocycles. The lowest BCUT2D eigenvalue weighted by atomic mass is 10.3. The van der Waals surface area contributed by atoms with Crippen LogP contribution in [0.5, 0.6) is 11.5 Å². The van der Waals surface area contributed by atoms with Crippen molar-refractivity contribution in [2.24, 2.45) is 0 Å². The standard InChI is InChI=1S/C12H19NO6S/c1-17-8-9(14)7-13-20(15,16)10-4-5-11(18-2)12(6-10)19-3/h4-6,9,13-14H,7-8H2,1-3H3. The van der Waals surface area contributed by atoms with Crippen LogP contribution in [-0.2, 0) is 14.8 Å². The smallest absolute Gasteiger partial charge is 0.240 e. The Balaban J connectivity index is 2.87. The topological polar surface area (TPSA) is 94.1 Å². The third-order valence-electron chi connectivity index (χ3n) is 2.53. The summed E-state index contributed by atoms with van der Waals surface area (Å²) in [4.78, 5) is 0.0276. The van der Waals surface area contributed by atoms with Crippen LogP contribution in [0.2, 0.25) is 0 Å². The van der Waals surface area contributed by atoms with Gasteiger partial charge in [-0.2, -0.15) is 0 Å². The first-order chi connectivity index (χ1) is 9.44. The fourth-order valence-electron chi connectivity index (χ4n) is 1.52. The highest BCUT2D eigenvalue weighted by molar-refractivity contribution is 7.89. The van der Waals surface area contributed by atoms with Gasteiger partial charge in [-0.25, -0.2) is 13.1 Å². The molecule has 0 fully saturated rings. The minimum Gasteiger partial charge on any atom is -0.493 e. The lowest BCUT2D eigenvalue weighted by Gasteiger charge is -2.13. The largest absolute Gasteiger partial charge is 0.493 e. The average molecular weight is 305 g/mol. The molecule has 0 aliphatic carbocycles. The second kappa shape index (κ2) is 7.44. The molecule has 1 atom stereocenters. The zero-order valence-electron chi connectivity index (χ0n) is 11.6. The number of ether oxygens (including phenoxy) is 3. The molecule has 0 aliphatic rings. The van der Waals surface area contributed by atoms with E-state index in [0.29, 0.717) is 11.5 Å². The van der Waals surface area contributed by atoms with Gasteiger partial charge in [0.1, 0.15) is 0 Å². The summed E-state index contributed by atoms with van der Waals surface area (Å²) >= 11 is 0. The van der Waals surface area contributed by atoms with Crippen LogP contribution in [-0.4, -0.2) is 54.1 Å². The molecular weight excluding hydrogens is 286 g/mol. The second-order valence-electron chi connectivity index (χ2n) is 3.98. The third-order valence-corrected chi connectivity index (χ3v) is 3.95. The molecule has 0 radical (unpaired) electrons. The van der Waals surface area contributed by atoms with E-state index in [0.717, 1.165) is 0 Å². The van der Waals surface area contributed by atoms with Crippen molar-refractivity contribution in [2.75, 3.05) is 34.5 Å². The van der Waals surface area contributed by atoms with Crippen molar-refractivity contribution in [3.63, 3.8) is 0 Å². The summed E-state index contributed by atoms with van der Waals surface area (Å²) < 4.78 is 41.2. The Morgan fingerprint density at radius 1 is 1.20 bits per heavy atom. The number of sulfonamides is 1. The summed E-state index contributed by atoms with van der Waals surface area (Å²) in [7, 11) is 0.575. The van der Waals surface area contributed by atoms with E-state index in [1.807, 2.05) is 0 Å². The normalized spacial score (nSPS) is 13.0. The summed E-state index contributed by atoms with van der Waals surface area (Å²) in [5.41, 5.74) is 0. The molecule has 0 aliphatic heterocycles. The maximum atomic E-state index is 12.0. The molecule has 2 N–H and O–H groups in total. The van der Waals surface area contributed by atoms with Crippen molar-refractivity contribution in [3.8, 4) is 11.5 Å². The lowest BCUT2D eigenvalue weighted by Crippen LogP contribution is -2.34. The lowest BCUT2D eigenvalue weighted by molar-refractivity contribution is 0.0679. The van der Waals surface area contributed by atoms with E-state index in [9.17, 15) is 13.5 Å². The fourth-order valence-corrected chi connectivity index (χ4v) is 2.61. The van der Waals surface area contributed by atoms with Crippen molar-refractivity contribution in [2.45, 2.75) is 11.0 Å². The number of aliphatic hydroxyl groups is 1. The Morgan fingerprint density at radius 2 is 1.85 bits per heavy atom. The summed E-state index contributed by atoms with van der Waals surface area (Å²) in [5.74, 6) is 0.749. The molecule has 1 rings (SSSR count). The van der Waals surface area contributed by atoms with Crippen molar-refractivity contribution >= 4 is 10.0 Å². The highest BCUT2D eigenvalue weighted by Gasteiger charge is 2.18. The van der Waals surface area contributed by atoms with Gasteiger partial charge in [0.25, 0.3) is 0 Å². The maximum absolute atomic E-state index is 12.0. The van der Waals surface area contributed by atoms with Crippen molar-refractivity contribution in [3.05, 3.63) is 18.2 Å². The number of hydrogen-bond acceptors (Lipinski definition) is 6. The molecule has 8 heteroatoms. The van der Waals surface area contributed by atoms with Gasteiger partial charge in [-0.3, -0.25) is 0 Å². The van der Waals surface area contributed by atoms with Gasteiger partial charge in [-0.15, -0.1) is 0 Å². The van der Waals surface area contributed by atoms with Crippen LogP contribution >= 0.6 is 0 Å². The number of aliphatic hydroxyl groups excluding tert-OH is 1. The van der Waals surface area contributed by atoms with Crippen LogP contribution < -0.4 is 14.2 Å². The van der Waals surface area contributed by atoms with Gasteiger partial charge in [0, 0.05) is 19.7 Å². The summed E-state index contributed by atoms with van der Waals surface area (Å²) in [5, 5.41) is 9.45. The van der Waals surface area contributed by atoms with E-state index in [2.05, 4.69) is 4.72 Å². The molecule has 0 spiro atoms. The first-order valence-corrected chi connectivity index (χ1v) is 7.31. The van der Waals surface area contributed by atoms with Crippen LogP contribution in [0.15, 0.2) is 23.1 Å². The van der Waals surface area contributed by atoms with Gasteiger partial charge in [0.05, 0.1) is 31.8 Å². The molecule has 0 saturated carbocycles. The highest BCUT2D eigenvalue weighted by atomic mass is 32.2. The van der Waals surface area contributed by atoms with Gasteiger partial charge in [-0.05, 0) is 12.1 Å². The predicted molar refractivity (Wildman–Crippen MR) is 72.6 cm³/mol. The summed E-state index contributed by atoms with van der Waals surface area (Å²) in [6.07, 6.45) is -0.907. The van der Waals surface area contributed by atoms with E-state index < -0.39 is 16.1 Å². The Labute approximate surface area is 118 Å². The molecule has 0 saturated heterocycles. The van der Waals surface area contributed by atoms with E-state index in [1.54, 1.807) is 0 Å². The molecule has 0 aromatic heterocycles. The summed E-state index contributed by atoms with van der Waals surface area (Å²) in [6, 6.07) is 4.25. The molecule has 0 amide bonds. The number of benzene rings is 1. The van der Waals surface area contributed by atoms with Gasteiger partial charge >= 0.3 is 0 Å². The average Bonchev–Trinajstić information content (AvgIpc) is 2.44. The van der Waals surface area contributed by atoms with Crippen LogP contribution in [0.4, 0.5) is 0 Å². The molecular formula is C12H19NO6S. The molecule has 7 nitrogen and oxygen atoms in total. The van der Waals surface area contributed by atoms with Gasteiger partial charge < -0.3 is 19.3 Å². The second-order valence-corrected chi connectivity index (χ2v) is 5.74. The van der Waals surface area contributed by atoms with E-state index >= 15 is 0 Å². The van der Waals surface area contributed by atoms with Crippen molar-refractivity contribution < 1.29 is 27.7 Å². The Morgan fingerprint density at radius 3 is 2.40 bits per heavy atom. The Bertz CT molecular complexity index is 531. The van der Waals surface area contributed by atoms with Crippen LogP contribution in [0.25, 0.3) is 0 Å². The molecule has 0 bridgehead atoms. The van der Waals surface area contributed by atoms with Crippen molar-refractivity contribution in [1.29, 1.82) is 0 Å². The number of methoxy groups -OCH3 is 3. The Kier molecular flexibility index (Phi) is 6.21.